The summed E-state index contributed by atoms with van der Waals surface area (Å²) in [5.74, 6) is -0.594. The fourth-order valence-electron chi connectivity index (χ4n) is 2.43. The molecule has 1 rings (SSSR count). The summed E-state index contributed by atoms with van der Waals surface area (Å²) in [4.78, 5) is 23.2. The van der Waals surface area contributed by atoms with Gasteiger partial charge in [0.15, 0.2) is 0 Å². The minimum absolute atomic E-state index is 0.0345. The Kier molecular flexibility index (Phi) is 8.71. The zero-order valence-electron chi connectivity index (χ0n) is 15.1. The summed E-state index contributed by atoms with van der Waals surface area (Å²) in [5, 5.41) is 11.5. The van der Waals surface area contributed by atoms with Crippen molar-refractivity contribution in [2.45, 2.75) is 57.5 Å². The lowest BCUT2D eigenvalue weighted by Crippen LogP contribution is -2.48. The second kappa shape index (κ2) is 10.2. The first-order chi connectivity index (χ1) is 11.8. The number of benzene rings is 1. The monoisotopic (exact) mass is 370 g/mol. The number of nitro groups is 1. The van der Waals surface area contributed by atoms with Gasteiger partial charge in [-0.05, 0) is 31.9 Å². The Morgan fingerprint density at radius 1 is 1.32 bits per heavy atom. The van der Waals surface area contributed by atoms with E-state index in [1.54, 1.807) is 19.1 Å². The average Bonchev–Trinajstić information content (AvgIpc) is 2.54. The van der Waals surface area contributed by atoms with Gasteiger partial charge in [0, 0.05) is 11.3 Å². The minimum Gasteiger partial charge on any atom is -0.466 e. The van der Waals surface area contributed by atoms with Crippen LogP contribution in [0.2, 0.25) is 0 Å². The molecule has 0 aliphatic carbocycles. The first-order valence-corrected chi connectivity index (χ1v) is 9.45. The molecule has 0 fully saturated rings. The summed E-state index contributed by atoms with van der Waals surface area (Å²) >= 11 is 0. The molecule has 0 saturated heterocycles. The zero-order chi connectivity index (χ0) is 19.0. The van der Waals surface area contributed by atoms with Crippen molar-refractivity contribution in [1.82, 2.24) is 4.72 Å². The molecule has 1 aromatic rings. The van der Waals surface area contributed by atoms with Gasteiger partial charge in [-0.3, -0.25) is 14.9 Å². The van der Waals surface area contributed by atoms with Crippen LogP contribution in [0.5, 0.6) is 0 Å². The lowest BCUT2D eigenvalue weighted by atomic mass is 9.94. The third-order valence-corrected chi connectivity index (χ3v) is 5.02. The Hall–Kier alpha value is -1.80. The number of hydrogen-bond donors (Lipinski definition) is 1. The van der Waals surface area contributed by atoms with Crippen LogP contribution in [0.4, 0.5) is 0 Å². The molecule has 1 N–H and O–H groups in total. The van der Waals surface area contributed by atoms with Gasteiger partial charge in [0.1, 0.15) is 11.0 Å². The molecule has 3 atom stereocenters. The molecule has 0 heterocycles. The van der Waals surface area contributed by atoms with Crippen molar-refractivity contribution < 1.29 is 18.7 Å². The van der Waals surface area contributed by atoms with Crippen molar-refractivity contribution >= 4 is 17.0 Å². The van der Waals surface area contributed by atoms with Gasteiger partial charge in [0.25, 0.3) is 0 Å². The molecule has 0 radical (unpaired) electrons. The maximum atomic E-state index is 12.5. The number of rotatable bonds is 10. The second-order valence-electron chi connectivity index (χ2n) is 6.17. The average molecular weight is 370 g/mol. The van der Waals surface area contributed by atoms with Gasteiger partial charge < -0.3 is 4.74 Å². The molecule has 0 amide bonds. The molecule has 140 valence electrons. The van der Waals surface area contributed by atoms with Crippen molar-refractivity contribution in [3.63, 3.8) is 0 Å². The fraction of sp³-hybridized carbons (Fsp3) is 0.588. The highest BCUT2D eigenvalue weighted by atomic mass is 32.2. The SMILES string of the molecule is CCOC(=O)CC[C@@H]([C@@H](N[S@@](=O)c1ccc(C)cc1)C(C)C)[N+](=O)[O-]. The van der Waals surface area contributed by atoms with Crippen LogP contribution in [-0.2, 0) is 20.5 Å². The van der Waals surface area contributed by atoms with E-state index in [0.29, 0.717) is 4.90 Å². The van der Waals surface area contributed by atoms with Crippen LogP contribution in [0.1, 0.15) is 39.2 Å². The van der Waals surface area contributed by atoms with Crippen LogP contribution in [0.15, 0.2) is 29.2 Å². The molecule has 0 aliphatic heterocycles. The quantitative estimate of drug-likeness (QED) is 0.388. The molecule has 0 unspecified atom stereocenters. The van der Waals surface area contributed by atoms with Crippen molar-refractivity contribution in [1.29, 1.82) is 0 Å². The molecule has 0 aliphatic rings. The van der Waals surface area contributed by atoms with Crippen molar-refractivity contribution in [2.75, 3.05) is 6.61 Å². The van der Waals surface area contributed by atoms with Gasteiger partial charge in [-0.2, -0.15) is 0 Å². The molecule has 0 spiro atoms. The largest absolute Gasteiger partial charge is 0.466 e. The number of ether oxygens (including phenoxy) is 1. The van der Waals surface area contributed by atoms with E-state index in [0.717, 1.165) is 5.56 Å². The van der Waals surface area contributed by atoms with Crippen molar-refractivity contribution in [3.8, 4) is 0 Å². The zero-order valence-corrected chi connectivity index (χ0v) is 15.9. The van der Waals surface area contributed by atoms with Gasteiger partial charge in [-0.15, -0.1) is 0 Å². The van der Waals surface area contributed by atoms with E-state index in [1.165, 1.54) is 0 Å². The first kappa shape index (κ1) is 21.2. The van der Waals surface area contributed by atoms with Crippen LogP contribution < -0.4 is 4.72 Å². The van der Waals surface area contributed by atoms with Gasteiger partial charge in [-0.25, -0.2) is 8.93 Å². The summed E-state index contributed by atoms with van der Waals surface area (Å²) in [6, 6.07) is 5.48. The van der Waals surface area contributed by atoms with E-state index >= 15 is 0 Å². The smallest absolute Gasteiger partial charge is 0.306 e. The number of aryl methyl sites for hydroxylation is 1. The molecule has 0 bridgehead atoms. The van der Waals surface area contributed by atoms with Crippen LogP contribution >= 0.6 is 0 Å². The Morgan fingerprint density at radius 2 is 1.92 bits per heavy atom. The first-order valence-electron chi connectivity index (χ1n) is 8.30. The normalized spacial score (nSPS) is 14.8. The van der Waals surface area contributed by atoms with Crippen molar-refractivity contribution in [2.24, 2.45) is 5.92 Å². The Bertz CT molecular complexity index is 604. The van der Waals surface area contributed by atoms with E-state index in [1.807, 2.05) is 32.9 Å². The topological polar surface area (TPSA) is 98.5 Å². The molecule has 8 heteroatoms. The second-order valence-corrected chi connectivity index (χ2v) is 7.41. The predicted octanol–water partition coefficient (Wildman–Crippen LogP) is 2.62. The van der Waals surface area contributed by atoms with E-state index in [4.69, 9.17) is 4.74 Å². The summed E-state index contributed by atoms with van der Waals surface area (Å²) in [5.41, 5.74) is 1.04. The molecule has 7 nitrogen and oxygen atoms in total. The van der Waals surface area contributed by atoms with E-state index in [9.17, 15) is 19.1 Å². The number of nitrogens with zero attached hydrogens (tertiary/aromatic N) is 1. The maximum absolute atomic E-state index is 12.5. The highest BCUT2D eigenvalue weighted by molar-refractivity contribution is 7.83. The van der Waals surface area contributed by atoms with Gasteiger partial charge in [-0.1, -0.05) is 31.5 Å². The van der Waals surface area contributed by atoms with Crippen LogP contribution in [0.3, 0.4) is 0 Å². The maximum Gasteiger partial charge on any atom is 0.306 e. The highest BCUT2D eigenvalue weighted by Crippen LogP contribution is 2.17. The van der Waals surface area contributed by atoms with E-state index in [-0.39, 0.29) is 25.4 Å². The summed E-state index contributed by atoms with van der Waals surface area (Å²) < 4.78 is 20.2. The predicted molar refractivity (Wildman–Crippen MR) is 96.0 cm³/mol. The van der Waals surface area contributed by atoms with Crippen LogP contribution in [0.25, 0.3) is 0 Å². The fourth-order valence-corrected chi connectivity index (χ4v) is 3.62. The number of hydrogen-bond acceptors (Lipinski definition) is 5. The number of esters is 1. The summed E-state index contributed by atoms with van der Waals surface area (Å²) in [6.07, 6.45) is -0.00562. The van der Waals surface area contributed by atoms with Gasteiger partial charge >= 0.3 is 5.97 Å². The summed E-state index contributed by atoms with van der Waals surface area (Å²) in [6.45, 7) is 7.50. The highest BCUT2D eigenvalue weighted by Gasteiger charge is 2.35. The number of carbonyl (C=O) groups excluding carboxylic acids is 1. The lowest BCUT2D eigenvalue weighted by Gasteiger charge is -2.24. The van der Waals surface area contributed by atoms with Gasteiger partial charge in [0.05, 0.1) is 24.0 Å². The molecular formula is C17H26N2O5S. The molecule has 25 heavy (non-hydrogen) atoms. The van der Waals surface area contributed by atoms with E-state index in [2.05, 4.69) is 4.72 Å². The molecule has 0 aromatic heterocycles. The van der Waals surface area contributed by atoms with Gasteiger partial charge in [0.2, 0.25) is 6.04 Å². The molecular weight excluding hydrogens is 344 g/mol. The minimum atomic E-state index is -1.57. The Labute approximate surface area is 150 Å². The van der Waals surface area contributed by atoms with E-state index < -0.39 is 34.0 Å². The molecule has 1 aromatic carbocycles. The lowest BCUT2D eigenvalue weighted by molar-refractivity contribution is -0.528. The third kappa shape index (κ3) is 6.91. The summed E-state index contributed by atoms with van der Waals surface area (Å²) in [7, 11) is -1.57. The number of carbonyl (C=O) groups is 1. The van der Waals surface area contributed by atoms with Crippen LogP contribution in [0, 0.1) is 23.0 Å². The van der Waals surface area contributed by atoms with Crippen molar-refractivity contribution in [3.05, 3.63) is 39.9 Å². The Balaban J connectivity index is 2.86. The standard InChI is InChI=1S/C17H26N2O5S/c1-5-24-16(20)11-10-15(19(21)22)17(12(2)3)18-25(23)14-8-6-13(4)7-9-14/h6-9,12,15,17-18H,5,10-11H2,1-4H3/t15-,17-,25-/m0/s1. The van der Waals surface area contributed by atoms with Crippen LogP contribution in [-0.4, -0.2) is 33.8 Å². The third-order valence-electron chi connectivity index (χ3n) is 3.83. The Morgan fingerprint density at radius 3 is 2.40 bits per heavy atom. The number of nitrogens with one attached hydrogen (secondary N) is 1. The molecule has 0 saturated carbocycles.